The van der Waals surface area contributed by atoms with E-state index >= 15 is 0 Å². The summed E-state index contributed by atoms with van der Waals surface area (Å²) in [5.41, 5.74) is 6.35. The van der Waals surface area contributed by atoms with Crippen LogP contribution in [0.3, 0.4) is 0 Å². The summed E-state index contributed by atoms with van der Waals surface area (Å²) in [7, 11) is -2.18. The molecule has 0 atom stereocenters. The Hall–Kier alpha value is -1.44. The van der Waals surface area contributed by atoms with Crippen molar-refractivity contribution in [2.75, 3.05) is 20.1 Å². The van der Waals surface area contributed by atoms with Gasteiger partial charge in [-0.05, 0) is 24.1 Å². The molecule has 0 spiro atoms. The molecule has 0 aromatic heterocycles. The van der Waals surface area contributed by atoms with Crippen LogP contribution in [0.4, 0.5) is 0 Å². The molecular formula is C13H21N3O3S. The Kier molecular flexibility index (Phi) is 6.12. The summed E-state index contributed by atoms with van der Waals surface area (Å²) in [6, 6.07) is 6.39. The smallest absolute Gasteiger partial charge is 0.243 e. The minimum absolute atomic E-state index is 0.173. The molecule has 112 valence electrons. The molecule has 0 aliphatic carbocycles. The van der Waals surface area contributed by atoms with Gasteiger partial charge in [0.15, 0.2) is 0 Å². The Morgan fingerprint density at radius 2 is 1.90 bits per heavy atom. The van der Waals surface area contributed by atoms with Crippen molar-refractivity contribution in [2.45, 2.75) is 24.8 Å². The number of hydrogen-bond donors (Lipinski definition) is 2. The average molecular weight is 299 g/mol. The summed E-state index contributed by atoms with van der Waals surface area (Å²) in [4.78, 5) is 11.6. The minimum Gasteiger partial charge on any atom is -0.358 e. The molecule has 0 aliphatic rings. The van der Waals surface area contributed by atoms with Crippen molar-refractivity contribution in [2.24, 2.45) is 5.73 Å². The predicted octanol–water partition coefficient (Wildman–Crippen LogP) is 0.292. The number of likely N-dealkylation sites (N-methyl/N-ethyl adjacent to an activating group) is 1. The second-order valence-electron chi connectivity index (χ2n) is 4.36. The molecule has 0 heterocycles. The maximum atomic E-state index is 12.5. The zero-order valence-corrected chi connectivity index (χ0v) is 12.6. The second kappa shape index (κ2) is 7.37. The normalized spacial score (nSPS) is 11.6. The fraction of sp³-hybridized carbons (Fsp3) is 0.462. The number of carbonyl (C=O) groups excluding carboxylic acids is 1. The number of nitrogens with two attached hydrogens (primary N) is 1. The van der Waals surface area contributed by atoms with E-state index in [2.05, 4.69) is 5.32 Å². The number of sulfonamides is 1. The van der Waals surface area contributed by atoms with Gasteiger partial charge in [-0.15, -0.1) is 0 Å². The third-order valence-electron chi connectivity index (χ3n) is 2.87. The molecule has 0 saturated carbocycles. The van der Waals surface area contributed by atoms with E-state index in [9.17, 15) is 13.2 Å². The lowest BCUT2D eigenvalue weighted by molar-refractivity contribution is -0.120. The maximum Gasteiger partial charge on any atom is 0.243 e. The number of hydrogen-bond acceptors (Lipinski definition) is 4. The van der Waals surface area contributed by atoms with Crippen LogP contribution >= 0.6 is 0 Å². The minimum atomic E-state index is -3.66. The van der Waals surface area contributed by atoms with Gasteiger partial charge in [-0.2, -0.15) is 4.31 Å². The highest BCUT2D eigenvalue weighted by Gasteiger charge is 2.25. The van der Waals surface area contributed by atoms with E-state index in [-0.39, 0.29) is 17.3 Å². The van der Waals surface area contributed by atoms with Crippen LogP contribution in [0, 0.1) is 0 Å². The van der Waals surface area contributed by atoms with E-state index in [0.717, 1.165) is 5.56 Å². The highest BCUT2D eigenvalue weighted by Crippen LogP contribution is 2.16. The highest BCUT2D eigenvalue weighted by atomic mass is 32.2. The Labute approximate surface area is 120 Å². The van der Waals surface area contributed by atoms with Crippen LogP contribution in [0.25, 0.3) is 0 Å². The summed E-state index contributed by atoms with van der Waals surface area (Å²) in [5, 5.41) is 2.43. The molecule has 1 amide bonds. The zero-order chi connectivity index (χ0) is 15.2. The molecule has 0 unspecified atom stereocenters. The zero-order valence-electron chi connectivity index (χ0n) is 11.8. The van der Waals surface area contributed by atoms with Crippen LogP contribution in [0.2, 0.25) is 0 Å². The van der Waals surface area contributed by atoms with Crippen LogP contribution in [0.5, 0.6) is 0 Å². The molecule has 3 N–H and O–H groups in total. The van der Waals surface area contributed by atoms with Crippen LogP contribution < -0.4 is 11.1 Å². The maximum absolute atomic E-state index is 12.5. The van der Waals surface area contributed by atoms with E-state index < -0.39 is 10.0 Å². The third-order valence-corrected chi connectivity index (χ3v) is 4.73. The Morgan fingerprint density at radius 3 is 2.35 bits per heavy atom. The molecule has 7 heteroatoms. The topological polar surface area (TPSA) is 92.5 Å². The lowest BCUT2D eigenvalue weighted by Gasteiger charge is -2.20. The molecular weight excluding hydrogens is 278 g/mol. The van der Waals surface area contributed by atoms with E-state index in [0.29, 0.717) is 19.5 Å². The largest absolute Gasteiger partial charge is 0.358 e. The van der Waals surface area contributed by atoms with Crippen LogP contribution in [-0.2, 0) is 21.4 Å². The number of carbonyl (C=O) groups is 1. The van der Waals surface area contributed by atoms with Crippen molar-refractivity contribution in [1.82, 2.24) is 9.62 Å². The summed E-state index contributed by atoms with van der Waals surface area (Å²) in [6.07, 6.45) is 0.636. The molecule has 0 saturated heterocycles. The van der Waals surface area contributed by atoms with Crippen molar-refractivity contribution in [3.8, 4) is 0 Å². The Balaban J connectivity index is 3.04. The number of nitrogens with zero attached hydrogens (tertiary/aromatic N) is 1. The fourth-order valence-corrected chi connectivity index (χ4v) is 3.21. The average Bonchev–Trinajstić information content (AvgIpc) is 2.46. The number of rotatable bonds is 7. The van der Waals surface area contributed by atoms with Gasteiger partial charge < -0.3 is 11.1 Å². The quantitative estimate of drug-likeness (QED) is 0.757. The van der Waals surface area contributed by atoms with Crippen molar-refractivity contribution >= 4 is 15.9 Å². The van der Waals surface area contributed by atoms with E-state index in [4.69, 9.17) is 5.73 Å². The molecule has 20 heavy (non-hydrogen) atoms. The van der Waals surface area contributed by atoms with Gasteiger partial charge in [-0.3, -0.25) is 4.79 Å². The SMILES string of the molecule is CCCN(CC(=O)NC)S(=O)(=O)c1ccc(CN)cc1. The summed E-state index contributed by atoms with van der Waals surface area (Å²) in [6.45, 7) is 2.35. The molecule has 1 aromatic rings. The van der Waals surface area contributed by atoms with Gasteiger partial charge in [0.1, 0.15) is 0 Å². The Bertz CT molecular complexity index is 540. The first-order valence-corrected chi connectivity index (χ1v) is 7.89. The van der Waals surface area contributed by atoms with Gasteiger partial charge in [0.05, 0.1) is 11.4 Å². The molecule has 1 rings (SSSR count). The standard InChI is InChI=1S/C13H21N3O3S/c1-3-8-16(10-13(17)15-2)20(18,19)12-6-4-11(9-14)5-7-12/h4-7H,3,8-10,14H2,1-2H3,(H,15,17). The number of amides is 1. The number of benzene rings is 1. The van der Waals surface area contributed by atoms with Crippen molar-refractivity contribution in [3.63, 3.8) is 0 Å². The van der Waals surface area contributed by atoms with Crippen LogP contribution in [-0.4, -0.2) is 38.8 Å². The molecule has 6 nitrogen and oxygen atoms in total. The lowest BCUT2D eigenvalue weighted by atomic mass is 10.2. The lowest BCUT2D eigenvalue weighted by Crippen LogP contribution is -2.40. The molecule has 0 fully saturated rings. The van der Waals surface area contributed by atoms with Gasteiger partial charge in [-0.1, -0.05) is 19.1 Å². The summed E-state index contributed by atoms with van der Waals surface area (Å²) < 4.78 is 26.2. The molecule has 0 aliphatic heterocycles. The van der Waals surface area contributed by atoms with E-state index in [1.807, 2.05) is 6.92 Å². The second-order valence-corrected chi connectivity index (χ2v) is 6.30. The Morgan fingerprint density at radius 1 is 1.30 bits per heavy atom. The molecule has 1 aromatic carbocycles. The first-order chi connectivity index (χ1) is 9.45. The van der Waals surface area contributed by atoms with Gasteiger partial charge in [0.25, 0.3) is 0 Å². The summed E-state index contributed by atoms with van der Waals surface area (Å²) >= 11 is 0. The highest BCUT2D eigenvalue weighted by molar-refractivity contribution is 7.89. The van der Waals surface area contributed by atoms with Gasteiger partial charge >= 0.3 is 0 Å². The van der Waals surface area contributed by atoms with Gasteiger partial charge in [-0.25, -0.2) is 8.42 Å². The molecule has 0 bridgehead atoms. The predicted molar refractivity (Wildman–Crippen MR) is 77.4 cm³/mol. The van der Waals surface area contributed by atoms with E-state index in [1.165, 1.54) is 23.5 Å². The summed E-state index contributed by atoms with van der Waals surface area (Å²) in [5.74, 6) is -0.333. The van der Waals surface area contributed by atoms with Crippen molar-refractivity contribution in [3.05, 3.63) is 29.8 Å². The fourth-order valence-electron chi connectivity index (χ4n) is 1.72. The van der Waals surface area contributed by atoms with Crippen LogP contribution in [0.1, 0.15) is 18.9 Å². The van der Waals surface area contributed by atoms with Gasteiger partial charge in [0.2, 0.25) is 15.9 Å². The first-order valence-electron chi connectivity index (χ1n) is 6.45. The first kappa shape index (κ1) is 16.6. The van der Waals surface area contributed by atoms with E-state index in [1.54, 1.807) is 12.1 Å². The monoisotopic (exact) mass is 299 g/mol. The van der Waals surface area contributed by atoms with Crippen molar-refractivity contribution < 1.29 is 13.2 Å². The van der Waals surface area contributed by atoms with Gasteiger partial charge in [0, 0.05) is 20.1 Å². The molecule has 0 radical (unpaired) electrons. The number of nitrogens with one attached hydrogen (secondary N) is 1. The van der Waals surface area contributed by atoms with Crippen LogP contribution in [0.15, 0.2) is 29.2 Å². The van der Waals surface area contributed by atoms with Crippen molar-refractivity contribution in [1.29, 1.82) is 0 Å². The third kappa shape index (κ3) is 4.03.